The first kappa shape index (κ1) is 14.9. The summed E-state index contributed by atoms with van der Waals surface area (Å²) < 4.78 is 0. The van der Waals surface area contributed by atoms with Crippen LogP contribution in [0, 0.1) is 0 Å². The lowest BCUT2D eigenvalue weighted by molar-refractivity contribution is 0.109. The topological polar surface area (TPSA) is 15.3 Å². The maximum absolute atomic E-state index is 3.80. The van der Waals surface area contributed by atoms with E-state index in [-0.39, 0.29) is 0 Å². The fourth-order valence-corrected chi connectivity index (χ4v) is 4.35. The molecule has 4 rings (SSSR count). The first-order valence-corrected chi connectivity index (χ1v) is 8.95. The molecule has 2 fully saturated rings. The fraction of sp³-hybridized carbons (Fsp3) is 0.429. The molecule has 2 aromatic rings. The van der Waals surface area contributed by atoms with Crippen molar-refractivity contribution in [2.45, 2.75) is 56.9 Å². The maximum atomic E-state index is 3.80. The smallest absolute Gasteiger partial charge is 0.0239 e. The summed E-state index contributed by atoms with van der Waals surface area (Å²) in [6, 6.07) is 23.9. The van der Waals surface area contributed by atoms with Crippen LogP contribution in [0.25, 0.3) is 0 Å². The average molecular weight is 306 g/mol. The molecule has 23 heavy (non-hydrogen) atoms. The van der Waals surface area contributed by atoms with Crippen LogP contribution in [0.3, 0.4) is 0 Å². The number of nitrogens with zero attached hydrogens (tertiary/aromatic N) is 1. The van der Waals surface area contributed by atoms with Gasteiger partial charge in [0.15, 0.2) is 0 Å². The van der Waals surface area contributed by atoms with E-state index < -0.39 is 0 Å². The van der Waals surface area contributed by atoms with Gasteiger partial charge in [0.25, 0.3) is 0 Å². The lowest BCUT2D eigenvalue weighted by Gasteiger charge is -2.39. The Labute approximate surface area is 139 Å². The van der Waals surface area contributed by atoms with Crippen molar-refractivity contribution in [3.05, 3.63) is 71.8 Å². The van der Waals surface area contributed by atoms with Crippen molar-refractivity contribution in [1.82, 2.24) is 10.2 Å². The maximum Gasteiger partial charge on any atom is 0.0239 e. The van der Waals surface area contributed by atoms with Crippen LogP contribution >= 0.6 is 0 Å². The van der Waals surface area contributed by atoms with Crippen molar-refractivity contribution in [3.8, 4) is 0 Å². The number of rotatable bonds is 5. The molecule has 120 valence electrons. The highest BCUT2D eigenvalue weighted by Gasteiger charge is 2.40. The highest BCUT2D eigenvalue weighted by molar-refractivity contribution is 5.16. The summed E-state index contributed by atoms with van der Waals surface area (Å²) in [4.78, 5) is 2.76. The number of hydrogen-bond acceptors (Lipinski definition) is 2. The van der Waals surface area contributed by atoms with Gasteiger partial charge in [-0.3, -0.25) is 4.90 Å². The molecule has 0 aliphatic carbocycles. The fourth-order valence-electron chi connectivity index (χ4n) is 4.35. The van der Waals surface area contributed by atoms with Crippen LogP contribution in [0.5, 0.6) is 0 Å². The Bertz CT molecular complexity index is 596. The van der Waals surface area contributed by atoms with Gasteiger partial charge >= 0.3 is 0 Å². The third-order valence-corrected chi connectivity index (χ3v) is 5.53. The third-order valence-electron chi connectivity index (χ3n) is 5.53. The molecule has 1 unspecified atom stereocenters. The van der Waals surface area contributed by atoms with E-state index in [0.717, 1.165) is 25.2 Å². The summed E-state index contributed by atoms with van der Waals surface area (Å²) in [5.41, 5.74) is 2.85. The number of hydrogen-bond donors (Lipinski definition) is 1. The molecule has 2 saturated heterocycles. The van der Waals surface area contributed by atoms with E-state index in [9.17, 15) is 0 Å². The van der Waals surface area contributed by atoms with Crippen molar-refractivity contribution in [1.29, 1.82) is 0 Å². The van der Waals surface area contributed by atoms with Gasteiger partial charge in [0.05, 0.1) is 0 Å². The summed E-state index contributed by atoms with van der Waals surface area (Å²) in [6.07, 6.45) is 5.36. The number of benzene rings is 2. The molecule has 2 bridgehead atoms. The standard InChI is InChI=1S/C21H26N2/c1-3-7-17(8-4-1)15-22-19-13-20-11-12-21(14-19)23(20)16-18-9-5-2-6-10-18/h1-10,19-22H,11-16H2/t19?,20-,21+. The normalized spacial score (nSPS) is 27.2. The molecule has 0 spiro atoms. The van der Waals surface area contributed by atoms with E-state index >= 15 is 0 Å². The lowest BCUT2D eigenvalue weighted by atomic mass is 9.96. The summed E-state index contributed by atoms with van der Waals surface area (Å²) >= 11 is 0. The third kappa shape index (κ3) is 3.49. The minimum absolute atomic E-state index is 0.680. The molecular formula is C21H26N2. The van der Waals surface area contributed by atoms with Crippen molar-refractivity contribution in [3.63, 3.8) is 0 Å². The lowest BCUT2D eigenvalue weighted by Crippen LogP contribution is -2.48. The Morgan fingerprint density at radius 3 is 1.96 bits per heavy atom. The Morgan fingerprint density at radius 2 is 1.35 bits per heavy atom. The van der Waals surface area contributed by atoms with Crippen molar-refractivity contribution in [2.75, 3.05) is 0 Å². The van der Waals surface area contributed by atoms with Crippen LogP contribution in [0.1, 0.15) is 36.8 Å². The van der Waals surface area contributed by atoms with Crippen LogP contribution in [0.2, 0.25) is 0 Å². The molecule has 2 aliphatic rings. The van der Waals surface area contributed by atoms with Crippen molar-refractivity contribution in [2.24, 2.45) is 0 Å². The van der Waals surface area contributed by atoms with Crippen LogP contribution in [-0.4, -0.2) is 23.0 Å². The monoisotopic (exact) mass is 306 g/mol. The van der Waals surface area contributed by atoms with Crippen LogP contribution in [0.4, 0.5) is 0 Å². The van der Waals surface area contributed by atoms with E-state index in [2.05, 4.69) is 70.9 Å². The zero-order valence-electron chi connectivity index (χ0n) is 13.7. The van der Waals surface area contributed by atoms with Gasteiger partial charge in [0, 0.05) is 31.2 Å². The van der Waals surface area contributed by atoms with E-state index in [1.54, 1.807) is 0 Å². The van der Waals surface area contributed by atoms with Gasteiger partial charge in [0.1, 0.15) is 0 Å². The predicted molar refractivity (Wildman–Crippen MR) is 95.1 cm³/mol. The van der Waals surface area contributed by atoms with Gasteiger partial charge < -0.3 is 5.32 Å². The minimum Gasteiger partial charge on any atom is -0.310 e. The first-order valence-electron chi connectivity index (χ1n) is 8.95. The molecule has 0 saturated carbocycles. The highest BCUT2D eigenvalue weighted by atomic mass is 15.2. The molecule has 2 nitrogen and oxygen atoms in total. The molecule has 3 atom stereocenters. The molecular weight excluding hydrogens is 280 g/mol. The number of fused-ring (bicyclic) bond motifs is 2. The second-order valence-corrected chi connectivity index (χ2v) is 7.08. The van der Waals surface area contributed by atoms with Gasteiger partial charge in [-0.1, -0.05) is 60.7 Å². The molecule has 2 aliphatic heterocycles. The van der Waals surface area contributed by atoms with Gasteiger partial charge in [-0.25, -0.2) is 0 Å². The van der Waals surface area contributed by atoms with E-state index in [1.165, 1.54) is 36.8 Å². The Balaban J connectivity index is 1.34. The summed E-state index contributed by atoms with van der Waals surface area (Å²) in [5, 5.41) is 3.80. The zero-order valence-corrected chi connectivity index (χ0v) is 13.7. The molecule has 2 aromatic carbocycles. The van der Waals surface area contributed by atoms with E-state index in [0.29, 0.717) is 6.04 Å². The Kier molecular flexibility index (Phi) is 4.45. The summed E-state index contributed by atoms with van der Waals surface area (Å²) in [7, 11) is 0. The quantitative estimate of drug-likeness (QED) is 0.899. The van der Waals surface area contributed by atoms with E-state index in [4.69, 9.17) is 0 Å². The molecule has 2 heteroatoms. The van der Waals surface area contributed by atoms with Crippen LogP contribution < -0.4 is 5.32 Å². The summed E-state index contributed by atoms with van der Waals surface area (Å²) in [6.45, 7) is 2.13. The Hall–Kier alpha value is -1.64. The van der Waals surface area contributed by atoms with Gasteiger partial charge in [0.2, 0.25) is 0 Å². The largest absolute Gasteiger partial charge is 0.310 e. The zero-order chi connectivity index (χ0) is 15.5. The molecule has 0 amide bonds. The first-order chi connectivity index (χ1) is 11.4. The molecule has 1 N–H and O–H groups in total. The SMILES string of the molecule is c1ccc(CNC2C[C@H]3CC[C@@H](C2)N3Cc2ccccc2)cc1. The molecule has 0 aromatic heterocycles. The van der Waals surface area contributed by atoms with Crippen molar-refractivity contribution < 1.29 is 0 Å². The van der Waals surface area contributed by atoms with Gasteiger partial charge in [-0.15, -0.1) is 0 Å². The predicted octanol–water partition coefficient (Wildman–Crippen LogP) is 3.97. The summed E-state index contributed by atoms with van der Waals surface area (Å²) in [5.74, 6) is 0. The second-order valence-electron chi connectivity index (χ2n) is 7.08. The average Bonchev–Trinajstić information content (AvgIpc) is 2.83. The number of piperidine rings is 1. The highest BCUT2D eigenvalue weighted by Crippen LogP contribution is 2.36. The minimum atomic E-state index is 0.680. The molecule has 0 radical (unpaired) electrons. The Morgan fingerprint density at radius 1 is 0.783 bits per heavy atom. The number of nitrogens with one attached hydrogen (secondary N) is 1. The van der Waals surface area contributed by atoms with Gasteiger partial charge in [-0.05, 0) is 36.8 Å². The van der Waals surface area contributed by atoms with Crippen LogP contribution in [0.15, 0.2) is 60.7 Å². The van der Waals surface area contributed by atoms with Gasteiger partial charge in [-0.2, -0.15) is 0 Å². The molecule has 2 heterocycles. The second kappa shape index (κ2) is 6.86. The van der Waals surface area contributed by atoms with Crippen LogP contribution in [-0.2, 0) is 13.1 Å². The van der Waals surface area contributed by atoms with Crippen molar-refractivity contribution >= 4 is 0 Å². The van der Waals surface area contributed by atoms with E-state index in [1.807, 2.05) is 0 Å².